The summed E-state index contributed by atoms with van der Waals surface area (Å²) in [7, 11) is 0. The number of carbonyl (C=O) groups is 2. The molecule has 1 fully saturated rings. The molecule has 2 N–H and O–H groups in total. The molecular formula is C11H13N3O4. The van der Waals surface area contributed by atoms with Crippen LogP contribution < -0.4 is 5.56 Å². The van der Waals surface area contributed by atoms with Crippen molar-refractivity contribution in [2.45, 2.75) is 12.8 Å². The van der Waals surface area contributed by atoms with E-state index in [1.807, 2.05) is 0 Å². The van der Waals surface area contributed by atoms with E-state index in [2.05, 4.69) is 10.2 Å². The van der Waals surface area contributed by atoms with E-state index in [9.17, 15) is 14.4 Å². The first-order chi connectivity index (χ1) is 8.58. The monoisotopic (exact) mass is 251 g/mol. The number of carboxylic acids is 1. The van der Waals surface area contributed by atoms with Crippen LogP contribution in [0.1, 0.15) is 23.3 Å². The van der Waals surface area contributed by atoms with Gasteiger partial charge < -0.3 is 10.0 Å². The fourth-order valence-electron chi connectivity index (χ4n) is 1.99. The normalized spacial score (nSPS) is 19.6. The van der Waals surface area contributed by atoms with Crippen molar-refractivity contribution in [3.63, 3.8) is 0 Å². The number of rotatable bonds is 2. The molecule has 7 nitrogen and oxygen atoms in total. The number of piperidine rings is 1. The lowest BCUT2D eigenvalue weighted by Gasteiger charge is -2.30. The van der Waals surface area contributed by atoms with E-state index in [1.54, 1.807) is 0 Å². The number of carbonyl (C=O) groups excluding carboxylic acids is 1. The molecule has 2 rings (SSSR count). The summed E-state index contributed by atoms with van der Waals surface area (Å²) in [5.41, 5.74) is -0.255. The summed E-state index contributed by atoms with van der Waals surface area (Å²) in [6.07, 6.45) is 1.24. The first-order valence-electron chi connectivity index (χ1n) is 5.66. The van der Waals surface area contributed by atoms with Gasteiger partial charge >= 0.3 is 5.97 Å². The Morgan fingerprint density at radius 1 is 1.44 bits per heavy atom. The van der Waals surface area contributed by atoms with E-state index in [0.717, 1.165) is 0 Å². The second kappa shape index (κ2) is 4.99. The predicted octanol–water partition coefficient (Wildman–Crippen LogP) is -0.293. The zero-order chi connectivity index (χ0) is 13.1. The fraction of sp³-hybridized carbons (Fsp3) is 0.455. The lowest BCUT2D eigenvalue weighted by molar-refractivity contribution is -0.143. The number of nitrogens with zero attached hydrogens (tertiary/aromatic N) is 2. The third kappa shape index (κ3) is 2.55. The van der Waals surface area contributed by atoms with Crippen LogP contribution in [0, 0.1) is 5.92 Å². The first-order valence-corrected chi connectivity index (χ1v) is 5.66. The Morgan fingerprint density at radius 2 is 2.22 bits per heavy atom. The molecule has 2 heterocycles. The summed E-state index contributed by atoms with van der Waals surface area (Å²) in [6.45, 7) is 0.707. The van der Waals surface area contributed by atoms with Crippen molar-refractivity contribution in [1.29, 1.82) is 0 Å². The van der Waals surface area contributed by atoms with Crippen molar-refractivity contribution in [3.05, 3.63) is 28.2 Å². The maximum Gasteiger partial charge on any atom is 0.308 e. The minimum absolute atomic E-state index is 0.126. The molecule has 7 heteroatoms. The molecule has 0 aromatic carbocycles. The van der Waals surface area contributed by atoms with E-state index in [4.69, 9.17) is 5.11 Å². The van der Waals surface area contributed by atoms with Gasteiger partial charge in [-0.1, -0.05) is 0 Å². The lowest BCUT2D eigenvalue weighted by Crippen LogP contribution is -2.42. The standard InChI is InChI=1S/C11H13N3O4/c15-9-4-3-8(12-13-9)10(16)14-5-1-2-7(6-14)11(17)18/h3-4,7H,1-2,5-6H2,(H,13,15)(H,17,18). The molecule has 1 amide bonds. The number of hydrogen-bond acceptors (Lipinski definition) is 4. The fourth-order valence-corrected chi connectivity index (χ4v) is 1.99. The molecule has 96 valence electrons. The summed E-state index contributed by atoms with van der Waals surface area (Å²) >= 11 is 0. The van der Waals surface area contributed by atoms with Gasteiger partial charge in [0.1, 0.15) is 5.69 Å². The number of hydrogen-bond donors (Lipinski definition) is 2. The van der Waals surface area contributed by atoms with Gasteiger partial charge in [0.25, 0.3) is 11.5 Å². The van der Waals surface area contributed by atoms with Crippen LogP contribution in [0.2, 0.25) is 0 Å². The zero-order valence-corrected chi connectivity index (χ0v) is 9.63. The number of aromatic amines is 1. The molecule has 1 aromatic heterocycles. The van der Waals surface area contributed by atoms with Gasteiger partial charge in [-0.2, -0.15) is 5.10 Å². The molecule has 0 saturated carbocycles. The van der Waals surface area contributed by atoms with Gasteiger partial charge in [-0.25, -0.2) is 5.10 Å². The average Bonchev–Trinajstić information content (AvgIpc) is 2.39. The Balaban J connectivity index is 2.11. The third-order valence-electron chi connectivity index (χ3n) is 2.96. The van der Waals surface area contributed by atoms with Gasteiger partial charge in [-0.3, -0.25) is 14.4 Å². The van der Waals surface area contributed by atoms with Crippen molar-refractivity contribution in [1.82, 2.24) is 15.1 Å². The second-order valence-electron chi connectivity index (χ2n) is 4.23. The van der Waals surface area contributed by atoms with Crippen molar-refractivity contribution in [2.75, 3.05) is 13.1 Å². The van der Waals surface area contributed by atoms with Crippen LogP contribution in [-0.2, 0) is 4.79 Å². The van der Waals surface area contributed by atoms with E-state index in [-0.39, 0.29) is 23.7 Å². The van der Waals surface area contributed by atoms with Crippen molar-refractivity contribution < 1.29 is 14.7 Å². The highest BCUT2D eigenvalue weighted by atomic mass is 16.4. The maximum atomic E-state index is 12.0. The molecular weight excluding hydrogens is 238 g/mol. The molecule has 0 bridgehead atoms. The number of nitrogens with one attached hydrogen (secondary N) is 1. The first kappa shape index (κ1) is 12.3. The molecule has 1 atom stereocenters. The Labute approximate surface area is 102 Å². The van der Waals surface area contributed by atoms with Crippen molar-refractivity contribution >= 4 is 11.9 Å². The Morgan fingerprint density at radius 3 is 2.83 bits per heavy atom. The molecule has 0 aliphatic carbocycles. The molecule has 18 heavy (non-hydrogen) atoms. The second-order valence-corrected chi connectivity index (χ2v) is 4.23. The average molecular weight is 251 g/mol. The van der Waals surface area contributed by atoms with E-state index in [1.165, 1.54) is 17.0 Å². The zero-order valence-electron chi connectivity index (χ0n) is 9.63. The minimum atomic E-state index is -0.887. The van der Waals surface area contributed by atoms with Gasteiger partial charge in [-0.15, -0.1) is 0 Å². The quantitative estimate of drug-likeness (QED) is 0.751. The number of carboxylic acid groups (broad SMARTS) is 1. The number of likely N-dealkylation sites (tertiary alicyclic amines) is 1. The summed E-state index contributed by atoms with van der Waals surface area (Å²) in [4.78, 5) is 35.2. The summed E-state index contributed by atoms with van der Waals surface area (Å²) < 4.78 is 0. The van der Waals surface area contributed by atoms with Crippen LogP contribution in [0.4, 0.5) is 0 Å². The Hall–Kier alpha value is -2.18. The predicted molar refractivity (Wildman–Crippen MR) is 61.1 cm³/mol. The molecule has 1 saturated heterocycles. The van der Waals surface area contributed by atoms with Crippen LogP contribution in [0.15, 0.2) is 16.9 Å². The SMILES string of the molecule is O=C(O)C1CCCN(C(=O)c2ccc(=O)[nH]n2)C1. The molecule has 0 spiro atoms. The van der Waals surface area contributed by atoms with Gasteiger partial charge in [0.2, 0.25) is 0 Å². The topological polar surface area (TPSA) is 103 Å². The third-order valence-corrected chi connectivity index (χ3v) is 2.96. The smallest absolute Gasteiger partial charge is 0.308 e. The van der Waals surface area contributed by atoms with E-state index < -0.39 is 11.9 Å². The molecule has 1 aromatic rings. The number of aliphatic carboxylic acids is 1. The Kier molecular flexibility index (Phi) is 3.40. The highest BCUT2D eigenvalue weighted by Gasteiger charge is 2.29. The van der Waals surface area contributed by atoms with Gasteiger partial charge in [0.05, 0.1) is 5.92 Å². The van der Waals surface area contributed by atoms with Crippen molar-refractivity contribution in [3.8, 4) is 0 Å². The number of aromatic nitrogens is 2. The van der Waals surface area contributed by atoms with E-state index in [0.29, 0.717) is 19.4 Å². The van der Waals surface area contributed by atoms with Gasteiger partial charge in [-0.05, 0) is 18.9 Å². The minimum Gasteiger partial charge on any atom is -0.481 e. The highest BCUT2D eigenvalue weighted by molar-refractivity contribution is 5.92. The van der Waals surface area contributed by atoms with Crippen LogP contribution in [0.3, 0.4) is 0 Å². The largest absolute Gasteiger partial charge is 0.481 e. The van der Waals surface area contributed by atoms with Crippen LogP contribution in [-0.4, -0.2) is 45.2 Å². The molecule has 1 aliphatic rings. The lowest BCUT2D eigenvalue weighted by atomic mass is 9.98. The van der Waals surface area contributed by atoms with Crippen LogP contribution in [0.25, 0.3) is 0 Å². The maximum absolute atomic E-state index is 12.0. The Bertz CT molecular complexity index is 505. The highest BCUT2D eigenvalue weighted by Crippen LogP contribution is 2.17. The molecule has 0 radical (unpaired) electrons. The molecule has 1 aliphatic heterocycles. The van der Waals surface area contributed by atoms with Gasteiger partial charge in [0.15, 0.2) is 0 Å². The van der Waals surface area contributed by atoms with Crippen molar-refractivity contribution in [2.24, 2.45) is 5.92 Å². The molecule has 1 unspecified atom stereocenters. The van der Waals surface area contributed by atoms with Crippen LogP contribution in [0.5, 0.6) is 0 Å². The van der Waals surface area contributed by atoms with E-state index >= 15 is 0 Å². The number of H-pyrrole nitrogens is 1. The summed E-state index contributed by atoms with van der Waals surface area (Å²) in [5.74, 6) is -1.76. The number of amides is 1. The summed E-state index contributed by atoms with van der Waals surface area (Å²) in [6, 6.07) is 2.56. The van der Waals surface area contributed by atoms with Crippen LogP contribution >= 0.6 is 0 Å². The summed E-state index contributed by atoms with van der Waals surface area (Å²) in [5, 5.41) is 14.8. The van der Waals surface area contributed by atoms with Gasteiger partial charge in [0, 0.05) is 19.2 Å².